The number of aromatic amines is 1. The SMILES string of the molecule is Cl.O=C(NCc1nc2ccc(O)cc2[nH]1)c1ccccc1. The Labute approximate surface area is 127 Å². The van der Waals surface area contributed by atoms with Crippen LogP contribution < -0.4 is 5.32 Å². The van der Waals surface area contributed by atoms with Crippen molar-refractivity contribution in [3.05, 3.63) is 59.9 Å². The van der Waals surface area contributed by atoms with Gasteiger partial charge in [-0.1, -0.05) is 18.2 Å². The second-order valence-electron chi connectivity index (χ2n) is 4.43. The first-order valence-electron chi connectivity index (χ1n) is 6.23. The van der Waals surface area contributed by atoms with Gasteiger partial charge in [-0.3, -0.25) is 4.79 Å². The minimum absolute atomic E-state index is 0. The van der Waals surface area contributed by atoms with Gasteiger partial charge in [-0.2, -0.15) is 0 Å². The van der Waals surface area contributed by atoms with E-state index in [-0.39, 0.29) is 24.1 Å². The molecule has 0 aliphatic rings. The molecule has 0 spiro atoms. The number of nitrogens with one attached hydrogen (secondary N) is 2. The quantitative estimate of drug-likeness (QED) is 0.696. The van der Waals surface area contributed by atoms with E-state index in [0.717, 1.165) is 11.0 Å². The van der Waals surface area contributed by atoms with E-state index in [4.69, 9.17) is 0 Å². The van der Waals surface area contributed by atoms with Crippen molar-refractivity contribution in [2.24, 2.45) is 0 Å². The molecule has 3 rings (SSSR count). The summed E-state index contributed by atoms with van der Waals surface area (Å²) in [7, 11) is 0. The average Bonchev–Trinajstić information content (AvgIpc) is 2.87. The van der Waals surface area contributed by atoms with Crippen molar-refractivity contribution in [2.75, 3.05) is 0 Å². The van der Waals surface area contributed by atoms with Crippen LogP contribution >= 0.6 is 12.4 Å². The topological polar surface area (TPSA) is 78.0 Å². The maximum Gasteiger partial charge on any atom is 0.251 e. The standard InChI is InChI=1S/C15H13N3O2.ClH/c19-11-6-7-12-13(8-11)18-14(17-12)9-16-15(20)10-4-2-1-3-5-10;/h1-8,19H,9H2,(H,16,20)(H,17,18);1H. The van der Waals surface area contributed by atoms with Crippen LogP contribution in [0.15, 0.2) is 48.5 Å². The van der Waals surface area contributed by atoms with E-state index < -0.39 is 0 Å². The number of nitrogens with zero attached hydrogens (tertiary/aromatic N) is 1. The van der Waals surface area contributed by atoms with Crippen molar-refractivity contribution < 1.29 is 9.90 Å². The van der Waals surface area contributed by atoms with E-state index in [9.17, 15) is 9.90 Å². The van der Waals surface area contributed by atoms with Crippen molar-refractivity contribution in [2.45, 2.75) is 6.54 Å². The molecule has 0 saturated heterocycles. The smallest absolute Gasteiger partial charge is 0.251 e. The summed E-state index contributed by atoms with van der Waals surface area (Å²) in [5, 5.41) is 12.2. The van der Waals surface area contributed by atoms with E-state index in [1.54, 1.807) is 30.3 Å². The third-order valence-electron chi connectivity index (χ3n) is 2.97. The minimum Gasteiger partial charge on any atom is -0.508 e. The summed E-state index contributed by atoms with van der Waals surface area (Å²) in [6.45, 7) is 0.309. The van der Waals surface area contributed by atoms with Crippen molar-refractivity contribution in [3.8, 4) is 5.75 Å². The Hall–Kier alpha value is -2.53. The van der Waals surface area contributed by atoms with Crippen LogP contribution in [0.1, 0.15) is 16.2 Å². The Morgan fingerprint density at radius 1 is 1.19 bits per heavy atom. The lowest BCUT2D eigenvalue weighted by atomic mass is 10.2. The van der Waals surface area contributed by atoms with E-state index in [2.05, 4.69) is 15.3 Å². The van der Waals surface area contributed by atoms with Crippen LogP contribution in [-0.2, 0) is 6.54 Å². The summed E-state index contributed by atoms with van der Waals surface area (Å²) in [5.74, 6) is 0.685. The molecular weight excluding hydrogens is 290 g/mol. The molecular formula is C15H14ClN3O2. The Balaban J connectivity index is 0.00000161. The molecule has 6 heteroatoms. The van der Waals surface area contributed by atoms with Crippen molar-refractivity contribution in [3.63, 3.8) is 0 Å². The van der Waals surface area contributed by atoms with Gasteiger partial charge in [0.25, 0.3) is 5.91 Å². The van der Waals surface area contributed by atoms with Crippen molar-refractivity contribution in [1.82, 2.24) is 15.3 Å². The van der Waals surface area contributed by atoms with Crippen LogP contribution in [0.3, 0.4) is 0 Å². The highest BCUT2D eigenvalue weighted by atomic mass is 35.5. The molecule has 0 atom stereocenters. The van der Waals surface area contributed by atoms with Gasteiger partial charge in [-0.25, -0.2) is 4.98 Å². The third-order valence-corrected chi connectivity index (χ3v) is 2.97. The summed E-state index contributed by atoms with van der Waals surface area (Å²) in [6.07, 6.45) is 0. The normalized spacial score (nSPS) is 10.1. The number of rotatable bonds is 3. The van der Waals surface area contributed by atoms with Crippen molar-refractivity contribution in [1.29, 1.82) is 0 Å². The minimum atomic E-state index is -0.145. The van der Waals surface area contributed by atoms with Crippen LogP contribution in [0.25, 0.3) is 11.0 Å². The highest BCUT2D eigenvalue weighted by Gasteiger charge is 2.07. The van der Waals surface area contributed by atoms with Gasteiger partial charge in [-0.15, -0.1) is 12.4 Å². The molecule has 0 aliphatic carbocycles. The lowest BCUT2D eigenvalue weighted by molar-refractivity contribution is 0.0950. The number of carbonyl (C=O) groups excluding carboxylic acids is 1. The number of phenolic OH excluding ortho intramolecular Hbond substituents is 1. The summed E-state index contributed by atoms with van der Waals surface area (Å²) in [6, 6.07) is 13.9. The van der Waals surface area contributed by atoms with E-state index in [1.807, 2.05) is 18.2 Å². The Kier molecular flexibility index (Phi) is 4.45. The Morgan fingerprint density at radius 2 is 1.95 bits per heavy atom. The molecule has 1 aromatic heterocycles. The van der Waals surface area contributed by atoms with Crippen LogP contribution in [0, 0.1) is 0 Å². The number of aromatic nitrogens is 2. The number of H-pyrrole nitrogens is 1. The molecule has 0 fully saturated rings. The number of aromatic hydroxyl groups is 1. The summed E-state index contributed by atoms with van der Waals surface area (Å²) >= 11 is 0. The van der Waals surface area contributed by atoms with Gasteiger partial charge in [-0.05, 0) is 24.3 Å². The molecule has 0 saturated carbocycles. The van der Waals surface area contributed by atoms with Gasteiger partial charge < -0.3 is 15.4 Å². The summed E-state index contributed by atoms with van der Waals surface area (Å²) in [5.41, 5.74) is 2.11. The van der Waals surface area contributed by atoms with Crippen LogP contribution in [0.5, 0.6) is 5.75 Å². The second-order valence-corrected chi connectivity index (χ2v) is 4.43. The molecule has 0 radical (unpaired) electrons. The maximum absolute atomic E-state index is 11.9. The number of hydrogen-bond acceptors (Lipinski definition) is 3. The lowest BCUT2D eigenvalue weighted by Crippen LogP contribution is -2.23. The number of amides is 1. The van der Waals surface area contributed by atoms with E-state index in [0.29, 0.717) is 17.9 Å². The Morgan fingerprint density at radius 3 is 2.71 bits per heavy atom. The Bertz CT molecular complexity index is 756. The lowest BCUT2D eigenvalue weighted by Gasteiger charge is -2.02. The molecule has 108 valence electrons. The zero-order chi connectivity index (χ0) is 13.9. The largest absolute Gasteiger partial charge is 0.508 e. The molecule has 3 N–H and O–H groups in total. The average molecular weight is 304 g/mol. The molecule has 0 unspecified atom stereocenters. The second kappa shape index (κ2) is 6.28. The number of fused-ring (bicyclic) bond motifs is 1. The number of hydrogen-bond donors (Lipinski definition) is 3. The summed E-state index contributed by atoms with van der Waals surface area (Å²) in [4.78, 5) is 19.3. The molecule has 1 heterocycles. The van der Waals surface area contributed by atoms with Crippen LogP contribution in [-0.4, -0.2) is 21.0 Å². The maximum atomic E-state index is 11.9. The van der Waals surface area contributed by atoms with E-state index >= 15 is 0 Å². The molecule has 0 aliphatic heterocycles. The number of carbonyl (C=O) groups is 1. The number of halogens is 1. The zero-order valence-corrected chi connectivity index (χ0v) is 11.9. The predicted molar refractivity (Wildman–Crippen MR) is 82.6 cm³/mol. The number of imidazole rings is 1. The summed E-state index contributed by atoms with van der Waals surface area (Å²) < 4.78 is 0. The fourth-order valence-electron chi connectivity index (χ4n) is 1.99. The molecule has 0 bridgehead atoms. The predicted octanol–water partition coefficient (Wildman–Crippen LogP) is 2.62. The molecule has 2 aromatic carbocycles. The van der Waals surface area contributed by atoms with Gasteiger partial charge >= 0.3 is 0 Å². The first-order valence-corrected chi connectivity index (χ1v) is 6.23. The highest BCUT2D eigenvalue weighted by Crippen LogP contribution is 2.17. The van der Waals surface area contributed by atoms with Gasteiger partial charge in [0, 0.05) is 11.6 Å². The van der Waals surface area contributed by atoms with Gasteiger partial charge in [0.2, 0.25) is 0 Å². The van der Waals surface area contributed by atoms with E-state index in [1.165, 1.54) is 0 Å². The molecule has 5 nitrogen and oxygen atoms in total. The fourth-order valence-corrected chi connectivity index (χ4v) is 1.99. The highest BCUT2D eigenvalue weighted by molar-refractivity contribution is 5.94. The van der Waals surface area contributed by atoms with Gasteiger partial charge in [0.1, 0.15) is 11.6 Å². The van der Waals surface area contributed by atoms with Crippen LogP contribution in [0.4, 0.5) is 0 Å². The van der Waals surface area contributed by atoms with Crippen molar-refractivity contribution >= 4 is 29.3 Å². The molecule has 1 amide bonds. The molecule has 3 aromatic rings. The monoisotopic (exact) mass is 303 g/mol. The van der Waals surface area contributed by atoms with Crippen LogP contribution in [0.2, 0.25) is 0 Å². The molecule has 21 heavy (non-hydrogen) atoms. The number of benzene rings is 2. The third kappa shape index (κ3) is 3.32. The zero-order valence-electron chi connectivity index (χ0n) is 11.0. The fraction of sp³-hybridized carbons (Fsp3) is 0.0667. The van der Waals surface area contributed by atoms with Gasteiger partial charge in [0.15, 0.2) is 0 Å². The van der Waals surface area contributed by atoms with Gasteiger partial charge in [0.05, 0.1) is 17.6 Å². The number of phenols is 1. The first-order chi connectivity index (χ1) is 9.72. The first kappa shape index (κ1) is 14.9.